The fraction of sp³-hybridized carbons (Fsp3) is 0.400. The summed E-state index contributed by atoms with van der Waals surface area (Å²) < 4.78 is 11.0. The molecule has 0 bridgehead atoms. The Kier molecular flexibility index (Phi) is 3.15. The minimum absolute atomic E-state index is 0.282. The largest absolute Gasteiger partial charge is 0.485 e. The van der Waals surface area contributed by atoms with Gasteiger partial charge in [-0.3, -0.25) is 0 Å². The lowest BCUT2D eigenvalue weighted by molar-refractivity contribution is 0.281. The highest BCUT2D eigenvalue weighted by Gasteiger charge is 2.29. The number of nitriles is 1. The van der Waals surface area contributed by atoms with E-state index in [9.17, 15) is 0 Å². The zero-order valence-corrected chi connectivity index (χ0v) is 11.5. The standard InChI is InChI=1S/C15H15N3O2/c1-9-5-11(7-16)6-10(2)14(9)19-8-13-17-15(20-18-13)12-3-4-12/h5-6,12H,3-4,8H2,1-2H3. The maximum atomic E-state index is 8.92. The summed E-state index contributed by atoms with van der Waals surface area (Å²) in [6.07, 6.45) is 2.27. The van der Waals surface area contributed by atoms with Crippen LogP contribution in [0.1, 0.15) is 47.2 Å². The third kappa shape index (κ3) is 2.50. The van der Waals surface area contributed by atoms with Crippen LogP contribution in [0, 0.1) is 25.2 Å². The van der Waals surface area contributed by atoms with Crippen molar-refractivity contribution in [3.05, 3.63) is 40.5 Å². The van der Waals surface area contributed by atoms with Gasteiger partial charge in [-0.2, -0.15) is 10.2 Å². The molecule has 0 radical (unpaired) electrons. The number of hydrogen-bond donors (Lipinski definition) is 0. The number of aromatic nitrogens is 2. The van der Waals surface area contributed by atoms with E-state index in [1.54, 1.807) is 0 Å². The lowest BCUT2D eigenvalue weighted by Gasteiger charge is -2.10. The fourth-order valence-corrected chi connectivity index (χ4v) is 2.20. The maximum Gasteiger partial charge on any atom is 0.229 e. The number of nitrogens with zero attached hydrogens (tertiary/aromatic N) is 3. The number of aryl methyl sites for hydroxylation is 2. The molecular weight excluding hydrogens is 254 g/mol. The molecule has 1 fully saturated rings. The van der Waals surface area contributed by atoms with Gasteiger partial charge in [0.15, 0.2) is 6.61 Å². The van der Waals surface area contributed by atoms with E-state index in [4.69, 9.17) is 14.5 Å². The lowest BCUT2D eigenvalue weighted by Crippen LogP contribution is -2.01. The number of rotatable bonds is 4. The van der Waals surface area contributed by atoms with Crippen LogP contribution in [-0.4, -0.2) is 10.1 Å². The monoisotopic (exact) mass is 269 g/mol. The summed E-state index contributed by atoms with van der Waals surface area (Å²) in [5.74, 6) is 2.52. The van der Waals surface area contributed by atoms with Crippen LogP contribution in [0.2, 0.25) is 0 Å². The molecule has 3 rings (SSSR count). The van der Waals surface area contributed by atoms with Crippen molar-refractivity contribution >= 4 is 0 Å². The first-order valence-corrected chi connectivity index (χ1v) is 6.64. The minimum Gasteiger partial charge on any atom is -0.485 e. The molecule has 0 aliphatic heterocycles. The molecule has 0 atom stereocenters. The average Bonchev–Trinajstić information content (AvgIpc) is 3.17. The van der Waals surface area contributed by atoms with Gasteiger partial charge >= 0.3 is 0 Å². The normalized spacial score (nSPS) is 14.1. The molecule has 0 N–H and O–H groups in total. The Balaban J connectivity index is 1.72. The molecule has 1 aromatic heterocycles. The molecule has 20 heavy (non-hydrogen) atoms. The van der Waals surface area contributed by atoms with E-state index in [2.05, 4.69) is 16.2 Å². The van der Waals surface area contributed by atoms with Crippen molar-refractivity contribution in [3.63, 3.8) is 0 Å². The molecular formula is C15H15N3O2. The van der Waals surface area contributed by atoms with Crippen LogP contribution in [0.4, 0.5) is 0 Å². The van der Waals surface area contributed by atoms with Crippen molar-refractivity contribution in [2.24, 2.45) is 0 Å². The third-order valence-corrected chi connectivity index (χ3v) is 3.35. The highest BCUT2D eigenvalue weighted by atomic mass is 16.5. The Labute approximate surface area is 117 Å². The van der Waals surface area contributed by atoms with Crippen LogP contribution in [0.15, 0.2) is 16.7 Å². The second kappa shape index (κ2) is 4.97. The summed E-state index contributed by atoms with van der Waals surface area (Å²) in [7, 11) is 0. The average molecular weight is 269 g/mol. The molecule has 102 valence electrons. The van der Waals surface area contributed by atoms with E-state index < -0.39 is 0 Å². The molecule has 0 spiro atoms. The van der Waals surface area contributed by atoms with E-state index in [-0.39, 0.29) is 6.61 Å². The zero-order chi connectivity index (χ0) is 14.1. The molecule has 1 aromatic carbocycles. The Bertz CT molecular complexity index is 658. The van der Waals surface area contributed by atoms with Crippen molar-refractivity contribution in [1.29, 1.82) is 5.26 Å². The summed E-state index contributed by atoms with van der Waals surface area (Å²) in [6, 6.07) is 5.76. The van der Waals surface area contributed by atoms with Gasteiger partial charge in [0.1, 0.15) is 5.75 Å². The molecule has 1 saturated carbocycles. The predicted octanol–water partition coefficient (Wildman–Crippen LogP) is 3.01. The van der Waals surface area contributed by atoms with Crippen LogP contribution < -0.4 is 4.74 Å². The van der Waals surface area contributed by atoms with Gasteiger partial charge in [-0.05, 0) is 49.9 Å². The van der Waals surface area contributed by atoms with Crippen molar-refractivity contribution in [2.45, 2.75) is 39.2 Å². The summed E-state index contributed by atoms with van der Waals surface area (Å²) in [5, 5.41) is 12.8. The smallest absolute Gasteiger partial charge is 0.229 e. The van der Waals surface area contributed by atoms with Crippen LogP contribution in [0.25, 0.3) is 0 Å². The molecule has 5 heteroatoms. The van der Waals surface area contributed by atoms with Gasteiger partial charge < -0.3 is 9.26 Å². The van der Waals surface area contributed by atoms with Gasteiger partial charge in [0, 0.05) is 5.92 Å². The molecule has 5 nitrogen and oxygen atoms in total. The minimum atomic E-state index is 0.282. The first kappa shape index (κ1) is 12.7. The third-order valence-electron chi connectivity index (χ3n) is 3.35. The van der Waals surface area contributed by atoms with Crippen LogP contribution in [-0.2, 0) is 6.61 Å². The first-order valence-electron chi connectivity index (χ1n) is 6.64. The van der Waals surface area contributed by atoms with Crippen LogP contribution >= 0.6 is 0 Å². The quantitative estimate of drug-likeness (QED) is 0.853. The number of benzene rings is 1. The Morgan fingerprint density at radius 3 is 2.65 bits per heavy atom. The fourth-order valence-electron chi connectivity index (χ4n) is 2.20. The lowest BCUT2D eigenvalue weighted by atomic mass is 10.1. The second-order valence-electron chi connectivity index (χ2n) is 5.16. The maximum absolute atomic E-state index is 8.92. The zero-order valence-electron chi connectivity index (χ0n) is 11.5. The Hall–Kier alpha value is -2.35. The predicted molar refractivity (Wildman–Crippen MR) is 71.2 cm³/mol. The SMILES string of the molecule is Cc1cc(C#N)cc(C)c1OCc1noc(C2CC2)n1. The van der Waals surface area contributed by atoms with E-state index in [1.165, 1.54) is 0 Å². The van der Waals surface area contributed by atoms with Crippen molar-refractivity contribution in [3.8, 4) is 11.8 Å². The summed E-state index contributed by atoms with van der Waals surface area (Å²) in [6.45, 7) is 4.13. The molecule has 2 aromatic rings. The summed E-state index contributed by atoms with van der Waals surface area (Å²) in [5.41, 5.74) is 2.52. The van der Waals surface area contributed by atoms with Gasteiger partial charge in [-0.1, -0.05) is 5.16 Å². The number of ether oxygens (including phenoxy) is 1. The second-order valence-corrected chi connectivity index (χ2v) is 5.16. The van der Waals surface area contributed by atoms with Gasteiger partial charge in [0.25, 0.3) is 0 Å². The van der Waals surface area contributed by atoms with Crippen molar-refractivity contribution in [1.82, 2.24) is 10.1 Å². The van der Waals surface area contributed by atoms with E-state index in [0.29, 0.717) is 17.3 Å². The summed E-state index contributed by atoms with van der Waals surface area (Å²) >= 11 is 0. The van der Waals surface area contributed by atoms with Gasteiger partial charge in [-0.15, -0.1) is 0 Å². The van der Waals surface area contributed by atoms with E-state index in [0.717, 1.165) is 35.6 Å². The Morgan fingerprint density at radius 1 is 1.35 bits per heavy atom. The van der Waals surface area contributed by atoms with E-state index >= 15 is 0 Å². The van der Waals surface area contributed by atoms with E-state index in [1.807, 2.05) is 26.0 Å². The van der Waals surface area contributed by atoms with Crippen molar-refractivity contribution < 1.29 is 9.26 Å². The first-order chi connectivity index (χ1) is 9.67. The Morgan fingerprint density at radius 2 is 2.05 bits per heavy atom. The van der Waals surface area contributed by atoms with Crippen LogP contribution in [0.3, 0.4) is 0 Å². The highest BCUT2D eigenvalue weighted by molar-refractivity contribution is 5.47. The number of hydrogen-bond acceptors (Lipinski definition) is 5. The summed E-state index contributed by atoms with van der Waals surface area (Å²) in [4.78, 5) is 4.33. The van der Waals surface area contributed by atoms with Crippen molar-refractivity contribution in [2.75, 3.05) is 0 Å². The van der Waals surface area contributed by atoms with Gasteiger partial charge in [0.2, 0.25) is 11.7 Å². The molecule has 1 aliphatic rings. The topological polar surface area (TPSA) is 71.9 Å². The van der Waals surface area contributed by atoms with Gasteiger partial charge in [0.05, 0.1) is 11.6 Å². The molecule has 0 amide bonds. The molecule has 0 unspecified atom stereocenters. The molecule has 1 heterocycles. The van der Waals surface area contributed by atoms with Gasteiger partial charge in [-0.25, -0.2) is 0 Å². The molecule has 1 aliphatic carbocycles. The highest BCUT2D eigenvalue weighted by Crippen LogP contribution is 2.38. The van der Waals surface area contributed by atoms with Crippen LogP contribution in [0.5, 0.6) is 5.75 Å². The molecule has 0 saturated heterocycles.